The number of hydrogen-bond donors (Lipinski definition) is 0. The van der Waals surface area contributed by atoms with Gasteiger partial charge in [0.25, 0.3) is 11.5 Å². The maximum absolute atomic E-state index is 13.5. The van der Waals surface area contributed by atoms with Crippen molar-refractivity contribution in [1.29, 1.82) is 0 Å². The topological polar surface area (TPSA) is 57.9 Å². The molecule has 1 amide bonds. The van der Waals surface area contributed by atoms with E-state index in [9.17, 15) is 9.59 Å². The number of benzene rings is 1. The third-order valence-corrected chi connectivity index (χ3v) is 8.10. The molecule has 2 aliphatic rings. The Balaban J connectivity index is 1.58. The van der Waals surface area contributed by atoms with Crippen LogP contribution in [0.4, 0.5) is 5.82 Å². The second-order valence-corrected chi connectivity index (χ2v) is 10.7. The number of hydrogen-bond acceptors (Lipinski definition) is 7. The summed E-state index contributed by atoms with van der Waals surface area (Å²) in [5.41, 5.74) is 1.85. The zero-order valence-electron chi connectivity index (χ0n) is 18.0. The molecule has 33 heavy (non-hydrogen) atoms. The molecule has 0 spiro atoms. The fraction of sp³-hybridized carbons (Fsp3) is 0.250. The Labute approximate surface area is 205 Å². The second-order valence-electron chi connectivity index (χ2n) is 7.82. The Morgan fingerprint density at radius 3 is 2.55 bits per heavy atom. The molecule has 2 aliphatic heterocycles. The number of carbonyl (C=O) groups is 1. The van der Waals surface area contributed by atoms with Gasteiger partial charge in [0.15, 0.2) is 0 Å². The van der Waals surface area contributed by atoms with E-state index in [1.807, 2.05) is 61.2 Å². The zero-order valence-corrected chi connectivity index (χ0v) is 20.5. The number of thioether (sulfide) groups is 2. The highest BCUT2D eigenvalue weighted by Gasteiger charge is 2.36. The highest BCUT2D eigenvalue weighted by atomic mass is 32.2. The van der Waals surface area contributed by atoms with Gasteiger partial charge in [-0.1, -0.05) is 60.4 Å². The predicted octanol–water partition coefficient (Wildman–Crippen LogP) is 4.21. The van der Waals surface area contributed by atoms with E-state index < -0.39 is 0 Å². The van der Waals surface area contributed by atoms with E-state index in [4.69, 9.17) is 17.2 Å². The van der Waals surface area contributed by atoms with Crippen molar-refractivity contribution >= 4 is 63.5 Å². The molecule has 1 aromatic carbocycles. The number of carbonyl (C=O) groups excluding carboxylic acids is 1. The van der Waals surface area contributed by atoms with Crippen LogP contribution in [0, 0.1) is 0 Å². The van der Waals surface area contributed by atoms with Gasteiger partial charge in [-0.25, -0.2) is 4.98 Å². The smallest absolute Gasteiger partial charge is 0.267 e. The summed E-state index contributed by atoms with van der Waals surface area (Å²) in [5.74, 6) is 2.41. The average Bonchev–Trinajstić information content (AvgIpc) is 3.14. The van der Waals surface area contributed by atoms with Crippen molar-refractivity contribution in [2.75, 3.05) is 29.5 Å². The molecule has 1 atom stereocenters. The standard InChI is InChI=1S/C24H22N4O2S3/c1-16(17-7-3-2-4-8-17)28-23(30)19(33-24(28)31)15-18-21(26-11-13-32-14-12-26)25-20-9-5-6-10-27(20)22(18)29/h2-10,15-16H,11-14H2,1H3/b19-15-. The average molecular weight is 495 g/mol. The molecule has 4 heterocycles. The molecule has 5 rings (SSSR count). The quantitative estimate of drug-likeness (QED) is 0.398. The van der Waals surface area contributed by atoms with Gasteiger partial charge in [-0.15, -0.1) is 0 Å². The van der Waals surface area contributed by atoms with E-state index in [-0.39, 0.29) is 17.5 Å². The van der Waals surface area contributed by atoms with Crippen molar-refractivity contribution in [3.8, 4) is 0 Å². The van der Waals surface area contributed by atoms with Crippen LogP contribution in [-0.4, -0.2) is 49.1 Å². The number of amides is 1. The zero-order chi connectivity index (χ0) is 22.9. The van der Waals surface area contributed by atoms with Crippen LogP contribution in [0.15, 0.2) is 64.4 Å². The SMILES string of the molecule is CC(c1ccccc1)N1C(=O)/C(=C/c2c(N3CCSCC3)nc3ccccn3c2=O)SC1=S. The predicted molar refractivity (Wildman–Crippen MR) is 141 cm³/mol. The van der Waals surface area contributed by atoms with Crippen molar-refractivity contribution in [3.05, 3.63) is 81.1 Å². The van der Waals surface area contributed by atoms with Crippen molar-refractivity contribution in [1.82, 2.24) is 14.3 Å². The fourth-order valence-electron chi connectivity index (χ4n) is 4.06. The molecule has 2 aromatic heterocycles. The fourth-order valence-corrected chi connectivity index (χ4v) is 6.36. The summed E-state index contributed by atoms with van der Waals surface area (Å²) in [7, 11) is 0. The van der Waals surface area contributed by atoms with Gasteiger partial charge < -0.3 is 4.90 Å². The lowest BCUT2D eigenvalue weighted by atomic mass is 10.1. The minimum absolute atomic E-state index is 0.181. The lowest BCUT2D eigenvalue weighted by Crippen LogP contribution is -2.36. The van der Waals surface area contributed by atoms with Crippen molar-refractivity contribution in [2.24, 2.45) is 0 Å². The van der Waals surface area contributed by atoms with Crippen LogP contribution in [0.25, 0.3) is 11.7 Å². The van der Waals surface area contributed by atoms with Crippen LogP contribution in [-0.2, 0) is 4.79 Å². The first-order valence-electron chi connectivity index (χ1n) is 10.7. The maximum Gasteiger partial charge on any atom is 0.267 e. The third-order valence-electron chi connectivity index (χ3n) is 5.83. The Hall–Kier alpha value is -2.62. The monoisotopic (exact) mass is 494 g/mol. The molecule has 0 bridgehead atoms. The molecule has 0 saturated carbocycles. The first kappa shape index (κ1) is 22.2. The summed E-state index contributed by atoms with van der Waals surface area (Å²) in [6, 6.07) is 15.1. The summed E-state index contributed by atoms with van der Waals surface area (Å²) in [6.07, 6.45) is 3.39. The molecule has 3 aromatic rings. The van der Waals surface area contributed by atoms with E-state index in [1.54, 1.807) is 23.2 Å². The summed E-state index contributed by atoms with van der Waals surface area (Å²) < 4.78 is 2.02. The van der Waals surface area contributed by atoms with Gasteiger partial charge in [-0.3, -0.25) is 18.9 Å². The van der Waals surface area contributed by atoms with Gasteiger partial charge in [0.1, 0.15) is 15.8 Å². The molecule has 9 heteroatoms. The molecular formula is C24H22N4O2S3. The van der Waals surface area contributed by atoms with Gasteiger partial charge in [-0.2, -0.15) is 11.8 Å². The maximum atomic E-state index is 13.5. The third kappa shape index (κ3) is 4.20. The van der Waals surface area contributed by atoms with Crippen LogP contribution in [0.5, 0.6) is 0 Å². The van der Waals surface area contributed by atoms with E-state index in [1.165, 1.54) is 16.2 Å². The van der Waals surface area contributed by atoms with Gasteiger partial charge in [0, 0.05) is 30.8 Å². The first-order valence-corrected chi connectivity index (χ1v) is 13.1. The summed E-state index contributed by atoms with van der Waals surface area (Å²) in [6.45, 7) is 3.59. The van der Waals surface area contributed by atoms with Crippen LogP contribution < -0.4 is 10.5 Å². The lowest BCUT2D eigenvalue weighted by molar-refractivity contribution is -0.123. The van der Waals surface area contributed by atoms with Gasteiger partial charge in [0.2, 0.25) is 0 Å². The lowest BCUT2D eigenvalue weighted by Gasteiger charge is -2.28. The van der Waals surface area contributed by atoms with Gasteiger partial charge in [0.05, 0.1) is 16.5 Å². The Kier molecular flexibility index (Phi) is 6.27. The van der Waals surface area contributed by atoms with Crippen molar-refractivity contribution < 1.29 is 4.79 Å². The number of rotatable bonds is 4. The normalized spacial score (nSPS) is 19.0. The minimum Gasteiger partial charge on any atom is -0.354 e. The number of fused-ring (bicyclic) bond motifs is 1. The van der Waals surface area contributed by atoms with Crippen LogP contribution in [0.1, 0.15) is 24.1 Å². The number of thiocarbonyl (C=S) groups is 1. The number of nitrogens with zero attached hydrogens (tertiary/aromatic N) is 4. The Morgan fingerprint density at radius 2 is 1.79 bits per heavy atom. The molecule has 2 fully saturated rings. The second kappa shape index (κ2) is 9.32. The number of anilines is 1. The van der Waals surface area contributed by atoms with Crippen LogP contribution in [0.2, 0.25) is 0 Å². The molecule has 2 saturated heterocycles. The van der Waals surface area contributed by atoms with Crippen molar-refractivity contribution in [3.63, 3.8) is 0 Å². The summed E-state index contributed by atoms with van der Waals surface area (Å²) in [4.78, 5) is 35.9. The molecule has 0 aliphatic carbocycles. The summed E-state index contributed by atoms with van der Waals surface area (Å²) in [5, 5.41) is 0. The van der Waals surface area contributed by atoms with E-state index in [0.29, 0.717) is 26.3 Å². The molecule has 1 unspecified atom stereocenters. The van der Waals surface area contributed by atoms with Gasteiger partial charge in [-0.05, 0) is 30.7 Å². The Morgan fingerprint density at radius 1 is 1.06 bits per heavy atom. The van der Waals surface area contributed by atoms with E-state index in [2.05, 4.69) is 4.90 Å². The van der Waals surface area contributed by atoms with Crippen molar-refractivity contribution in [2.45, 2.75) is 13.0 Å². The Bertz CT molecular complexity index is 1320. The molecule has 0 N–H and O–H groups in total. The van der Waals surface area contributed by atoms with E-state index in [0.717, 1.165) is 30.2 Å². The number of pyridine rings is 1. The largest absolute Gasteiger partial charge is 0.354 e. The van der Waals surface area contributed by atoms with E-state index >= 15 is 0 Å². The number of aromatic nitrogens is 2. The molecule has 6 nitrogen and oxygen atoms in total. The molecule has 0 radical (unpaired) electrons. The van der Waals surface area contributed by atoms with Crippen LogP contribution >= 0.6 is 35.7 Å². The molecular weight excluding hydrogens is 472 g/mol. The minimum atomic E-state index is -0.195. The molecule has 168 valence electrons. The van der Waals surface area contributed by atoms with Gasteiger partial charge >= 0.3 is 0 Å². The highest BCUT2D eigenvalue weighted by Crippen LogP contribution is 2.38. The first-order chi connectivity index (χ1) is 16.0. The summed E-state index contributed by atoms with van der Waals surface area (Å²) >= 11 is 8.70. The van der Waals surface area contributed by atoms with Crippen LogP contribution in [0.3, 0.4) is 0 Å². The highest BCUT2D eigenvalue weighted by molar-refractivity contribution is 8.26.